The number of carboxylic acids is 1. The first-order chi connectivity index (χ1) is 3.80. The van der Waals surface area contributed by atoms with Gasteiger partial charge in [0.25, 0.3) is 0 Å². The van der Waals surface area contributed by atoms with E-state index in [1.54, 1.807) is 17.5 Å². The summed E-state index contributed by atoms with van der Waals surface area (Å²) in [4.78, 5) is 10.5. The Bertz CT molecular complexity index is 183. The van der Waals surface area contributed by atoms with Gasteiger partial charge in [-0.25, -0.2) is 4.79 Å². The van der Waals surface area contributed by atoms with Crippen LogP contribution in [0.2, 0.25) is 0 Å². The van der Waals surface area contributed by atoms with Gasteiger partial charge in [0.1, 0.15) is 4.88 Å². The van der Waals surface area contributed by atoms with Crippen LogP contribution < -0.4 is 0 Å². The summed E-state index contributed by atoms with van der Waals surface area (Å²) < 4.78 is 0. The van der Waals surface area contributed by atoms with Crippen LogP contribution in [0.1, 0.15) is 9.67 Å². The van der Waals surface area contributed by atoms with Gasteiger partial charge in [0, 0.05) is 0 Å². The summed E-state index contributed by atoms with van der Waals surface area (Å²) in [6.07, 6.45) is 0. The average molecular weight is 165 g/mol. The number of aromatic carboxylic acids is 1. The molecule has 0 bridgehead atoms. The summed E-state index contributed by atoms with van der Waals surface area (Å²) >= 11 is 1.23. The smallest absolute Gasteiger partial charge is 0.345 e. The predicted octanol–water partition coefficient (Wildman–Crippen LogP) is 1.87. The van der Waals surface area contributed by atoms with Crippen LogP contribution in [0.5, 0.6) is 0 Å². The van der Waals surface area contributed by atoms with Gasteiger partial charge in [-0.15, -0.1) is 23.7 Å². The molecule has 9 heavy (non-hydrogen) atoms. The van der Waals surface area contributed by atoms with Crippen molar-refractivity contribution < 1.29 is 9.90 Å². The molecule has 0 fully saturated rings. The molecule has 1 aromatic rings. The standard InChI is InChI=1S/C5H4O2S.ClH/c6-5(7)4-2-1-3-8-4;/h1-3H,(H,6,7);1H. The lowest BCUT2D eigenvalue weighted by Crippen LogP contribution is -1.89. The van der Waals surface area contributed by atoms with Crippen molar-refractivity contribution in [2.24, 2.45) is 0 Å². The molecule has 4 heteroatoms. The van der Waals surface area contributed by atoms with Crippen molar-refractivity contribution in [2.75, 3.05) is 0 Å². The van der Waals surface area contributed by atoms with Crippen LogP contribution in [0, 0.1) is 0 Å². The summed E-state index contributed by atoms with van der Waals surface area (Å²) in [7, 11) is 0. The minimum atomic E-state index is -0.847. The molecule has 1 rings (SSSR count). The first kappa shape index (κ1) is 8.46. The molecule has 1 heterocycles. The number of carboxylic acid groups (broad SMARTS) is 1. The second-order valence-corrected chi connectivity index (χ2v) is 2.23. The van der Waals surface area contributed by atoms with Gasteiger partial charge in [-0.1, -0.05) is 6.07 Å². The Morgan fingerprint density at radius 2 is 2.33 bits per heavy atom. The SMILES string of the molecule is Cl.O=C(O)c1cccs1. The van der Waals surface area contributed by atoms with E-state index in [0.717, 1.165) is 0 Å². The van der Waals surface area contributed by atoms with E-state index in [0.29, 0.717) is 4.88 Å². The minimum Gasteiger partial charge on any atom is -0.477 e. The molecule has 0 saturated heterocycles. The summed E-state index contributed by atoms with van der Waals surface area (Å²) in [6, 6.07) is 3.29. The largest absolute Gasteiger partial charge is 0.477 e. The van der Waals surface area contributed by atoms with Crippen molar-refractivity contribution in [2.45, 2.75) is 0 Å². The van der Waals surface area contributed by atoms with Crippen molar-refractivity contribution in [3.05, 3.63) is 22.4 Å². The zero-order valence-corrected chi connectivity index (χ0v) is 6.04. The number of carbonyl (C=O) groups is 1. The first-order valence-corrected chi connectivity index (χ1v) is 2.95. The summed E-state index contributed by atoms with van der Waals surface area (Å²) in [5.74, 6) is -0.847. The molecular weight excluding hydrogens is 160 g/mol. The topological polar surface area (TPSA) is 37.3 Å². The lowest BCUT2D eigenvalue weighted by atomic mass is 10.5. The van der Waals surface area contributed by atoms with Crippen molar-refractivity contribution in [3.63, 3.8) is 0 Å². The summed E-state index contributed by atoms with van der Waals surface area (Å²) in [6.45, 7) is 0. The lowest BCUT2D eigenvalue weighted by Gasteiger charge is -1.78. The van der Waals surface area contributed by atoms with Crippen LogP contribution in [0.25, 0.3) is 0 Å². The van der Waals surface area contributed by atoms with Gasteiger partial charge < -0.3 is 5.11 Å². The second kappa shape index (κ2) is 3.48. The number of rotatable bonds is 1. The Balaban J connectivity index is 0.000000640. The van der Waals surface area contributed by atoms with E-state index in [4.69, 9.17) is 5.11 Å². The molecule has 0 saturated carbocycles. The molecule has 0 aliphatic carbocycles. The Hall–Kier alpha value is -0.540. The quantitative estimate of drug-likeness (QED) is 0.688. The van der Waals surface area contributed by atoms with Crippen LogP contribution in [0.4, 0.5) is 0 Å². The van der Waals surface area contributed by atoms with Crippen LogP contribution in [0.15, 0.2) is 17.5 Å². The summed E-state index contributed by atoms with van der Waals surface area (Å²) in [5, 5.41) is 10.0. The molecule has 0 aromatic carbocycles. The fraction of sp³-hybridized carbons (Fsp3) is 0. The monoisotopic (exact) mass is 164 g/mol. The van der Waals surface area contributed by atoms with E-state index in [9.17, 15) is 4.79 Å². The normalized spacial score (nSPS) is 8.00. The van der Waals surface area contributed by atoms with Crippen LogP contribution in [-0.4, -0.2) is 11.1 Å². The van der Waals surface area contributed by atoms with Gasteiger partial charge in [0.2, 0.25) is 0 Å². The third kappa shape index (κ3) is 2.03. The maximum Gasteiger partial charge on any atom is 0.345 e. The zero-order chi connectivity index (χ0) is 5.98. The van der Waals surface area contributed by atoms with E-state index >= 15 is 0 Å². The van der Waals surface area contributed by atoms with Gasteiger partial charge in [-0.05, 0) is 11.4 Å². The summed E-state index contributed by atoms with van der Waals surface area (Å²) in [5.41, 5.74) is 0. The number of thiophene rings is 1. The van der Waals surface area contributed by atoms with Gasteiger partial charge >= 0.3 is 5.97 Å². The Morgan fingerprint density at radius 3 is 2.56 bits per heavy atom. The van der Waals surface area contributed by atoms with E-state index < -0.39 is 5.97 Å². The van der Waals surface area contributed by atoms with Crippen molar-refractivity contribution >= 4 is 29.7 Å². The van der Waals surface area contributed by atoms with Gasteiger partial charge in [0.05, 0.1) is 0 Å². The number of halogens is 1. The predicted molar refractivity (Wildman–Crippen MR) is 38.5 cm³/mol. The molecular formula is C5H5ClO2S. The molecule has 1 aromatic heterocycles. The average Bonchev–Trinajstić information content (AvgIpc) is 2.12. The molecule has 0 atom stereocenters. The maximum absolute atomic E-state index is 10.1. The van der Waals surface area contributed by atoms with Crippen LogP contribution >= 0.6 is 23.7 Å². The van der Waals surface area contributed by atoms with E-state index in [1.807, 2.05) is 0 Å². The first-order valence-electron chi connectivity index (χ1n) is 2.07. The van der Waals surface area contributed by atoms with Crippen molar-refractivity contribution in [1.29, 1.82) is 0 Å². The van der Waals surface area contributed by atoms with Gasteiger partial charge in [-0.3, -0.25) is 0 Å². The minimum absolute atomic E-state index is 0. The van der Waals surface area contributed by atoms with Crippen molar-refractivity contribution in [3.8, 4) is 0 Å². The molecule has 0 radical (unpaired) electrons. The third-order valence-electron chi connectivity index (χ3n) is 0.732. The zero-order valence-electron chi connectivity index (χ0n) is 4.40. The van der Waals surface area contributed by atoms with Gasteiger partial charge in [0.15, 0.2) is 0 Å². The Kier molecular flexibility index (Phi) is 3.27. The molecule has 50 valence electrons. The highest BCUT2D eigenvalue weighted by Gasteiger charge is 1.99. The number of hydrogen-bond acceptors (Lipinski definition) is 2. The highest BCUT2D eigenvalue weighted by atomic mass is 35.5. The molecule has 0 aliphatic rings. The maximum atomic E-state index is 10.1. The second-order valence-electron chi connectivity index (χ2n) is 1.28. The highest BCUT2D eigenvalue weighted by Crippen LogP contribution is 2.06. The van der Waals surface area contributed by atoms with E-state index in [1.165, 1.54) is 11.3 Å². The Morgan fingerprint density at radius 1 is 1.67 bits per heavy atom. The van der Waals surface area contributed by atoms with E-state index in [-0.39, 0.29) is 12.4 Å². The van der Waals surface area contributed by atoms with E-state index in [2.05, 4.69) is 0 Å². The molecule has 0 aliphatic heterocycles. The molecule has 0 spiro atoms. The Labute approximate surface area is 62.5 Å². The number of hydrogen-bond donors (Lipinski definition) is 1. The molecule has 1 N–H and O–H groups in total. The van der Waals surface area contributed by atoms with Crippen molar-refractivity contribution in [1.82, 2.24) is 0 Å². The van der Waals surface area contributed by atoms with Gasteiger partial charge in [-0.2, -0.15) is 0 Å². The lowest BCUT2D eigenvalue weighted by molar-refractivity contribution is 0.0702. The van der Waals surface area contributed by atoms with Crippen LogP contribution in [-0.2, 0) is 0 Å². The third-order valence-corrected chi connectivity index (χ3v) is 1.59. The van der Waals surface area contributed by atoms with Crippen LogP contribution in [0.3, 0.4) is 0 Å². The fourth-order valence-corrected chi connectivity index (χ4v) is 0.962. The molecule has 2 nitrogen and oxygen atoms in total. The fourth-order valence-electron chi connectivity index (χ4n) is 0.400. The molecule has 0 unspecified atom stereocenters. The highest BCUT2D eigenvalue weighted by molar-refractivity contribution is 7.11. The molecule has 0 amide bonds.